The van der Waals surface area contributed by atoms with Crippen molar-refractivity contribution in [3.63, 3.8) is 0 Å². The van der Waals surface area contributed by atoms with Crippen LogP contribution < -0.4 is 5.32 Å². The van der Waals surface area contributed by atoms with Gasteiger partial charge in [-0.15, -0.1) is 0 Å². The second-order valence-corrected chi connectivity index (χ2v) is 4.63. The van der Waals surface area contributed by atoms with E-state index in [4.69, 9.17) is 0 Å². The summed E-state index contributed by atoms with van der Waals surface area (Å²) in [5.74, 6) is -2.31. The topological polar surface area (TPSA) is 95.9 Å². The highest BCUT2D eigenvalue weighted by molar-refractivity contribution is 6.07. The van der Waals surface area contributed by atoms with E-state index in [0.29, 0.717) is 6.92 Å². The average Bonchev–Trinajstić information content (AvgIpc) is 2.53. The zero-order chi connectivity index (χ0) is 16.4. The zero-order valence-electron chi connectivity index (χ0n) is 11.4. The Kier molecular flexibility index (Phi) is 4.82. The van der Waals surface area contributed by atoms with E-state index in [1.54, 1.807) is 0 Å². The smallest absolute Gasteiger partial charge is 0.420 e. The van der Waals surface area contributed by atoms with Crippen LogP contribution in [0.5, 0.6) is 0 Å². The average molecular weight is 312 g/mol. The van der Waals surface area contributed by atoms with Crippen LogP contribution in [-0.2, 0) is 14.3 Å². The van der Waals surface area contributed by atoms with Crippen LogP contribution in [0.1, 0.15) is 20.3 Å². The van der Waals surface area contributed by atoms with Crippen LogP contribution in [-0.4, -0.2) is 58.9 Å². The first-order chi connectivity index (χ1) is 9.52. The number of β-amino-alcohol motifs (C(OH)–C–C–N with tert-alkyl or cyclic N) is 1. The summed E-state index contributed by atoms with van der Waals surface area (Å²) in [6.45, 7) is 1.41. The molecule has 0 saturated carbocycles. The Balaban J connectivity index is 2.75. The van der Waals surface area contributed by atoms with E-state index in [0.717, 1.165) is 0 Å². The first-order valence-electron chi connectivity index (χ1n) is 6.07. The molecular formula is C11H15F3N2O5. The Morgan fingerprint density at radius 3 is 2.48 bits per heavy atom. The highest BCUT2D eigenvalue weighted by atomic mass is 19.4. The Bertz CT molecular complexity index is 454. The number of aliphatic hydroxyl groups excluding tert-OH is 1. The third-order valence-corrected chi connectivity index (χ3v) is 2.94. The summed E-state index contributed by atoms with van der Waals surface area (Å²) in [6, 6.07) is -1.28. The molecule has 0 radical (unpaired) electrons. The van der Waals surface area contributed by atoms with Crippen molar-refractivity contribution in [3.05, 3.63) is 0 Å². The van der Waals surface area contributed by atoms with Gasteiger partial charge in [0.05, 0.1) is 25.7 Å². The quantitative estimate of drug-likeness (QED) is 0.557. The summed E-state index contributed by atoms with van der Waals surface area (Å²) in [5, 5.41) is 11.1. The molecule has 0 bridgehead atoms. The van der Waals surface area contributed by atoms with Crippen molar-refractivity contribution >= 4 is 17.9 Å². The van der Waals surface area contributed by atoms with Gasteiger partial charge in [-0.3, -0.25) is 14.5 Å². The van der Waals surface area contributed by atoms with Gasteiger partial charge in [0.2, 0.25) is 5.54 Å². The Morgan fingerprint density at radius 1 is 1.48 bits per heavy atom. The van der Waals surface area contributed by atoms with E-state index in [2.05, 4.69) is 4.74 Å². The molecule has 2 N–H and O–H groups in total. The molecule has 0 aromatic heterocycles. The number of imide groups is 1. The number of urea groups is 1. The van der Waals surface area contributed by atoms with Crippen LogP contribution in [0.3, 0.4) is 0 Å². The molecule has 0 aromatic rings. The minimum absolute atomic E-state index is 0.0703. The lowest BCUT2D eigenvalue weighted by atomic mass is 10.0. The first kappa shape index (κ1) is 17.2. The fraction of sp³-hybridized carbons (Fsp3) is 0.727. The monoisotopic (exact) mass is 312 g/mol. The molecule has 21 heavy (non-hydrogen) atoms. The normalized spacial score (nSPS) is 24.0. The highest BCUT2D eigenvalue weighted by Gasteiger charge is 2.64. The van der Waals surface area contributed by atoms with E-state index < -0.39 is 48.7 Å². The number of carbonyl (C=O) groups excluding carboxylic acids is 3. The lowest BCUT2D eigenvalue weighted by Crippen LogP contribution is -2.56. The second-order valence-electron chi connectivity index (χ2n) is 4.63. The van der Waals surface area contributed by atoms with Gasteiger partial charge in [0.25, 0.3) is 5.91 Å². The summed E-state index contributed by atoms with van der Waals surface area (Å²) in [4.78, 5) is 34.5. The lowest BCUT2D eigenvalue weighted by molar-refractivity contribution is -0.191. The molecule has 1 fully saturated rings. The maximum absolute atomic E-state index is 12.8. The van der Waals surface area contributed by atoms with Gasteiger partial charge >= 0.3 is 18.2 Å². The predicted molar refractivity (Wildman–Crippen MR) is 62.0 cm³/mol. The van der Waals surface area contributed by atoms with Gasteiger partial charge in [-0.1, -0.05) is 0 Å². The van der Waals surface area contributed by atoms with Gasteiger partial charge in [-0.2, -0.15) is 13.2 Å². The van der Waals surface area contributed by atoms with Crippen molar-refractivity contribution in [2.45, 2.75) is 38.1 Å². The molecular weight excluding hydrogens is 297 g/mol. The largest absolute Gasteiger partial charge is 0.466 e. The van der Waals surface area contributed by atoms with Gasteiger partial charge in [0, 0.05) is 0 Å². The molecule has 1 heterocycles. The van der Waals surface area contributed by atoms with Crippen LogP contribution in [0.25, 0.3) is 0 Å². The van der Waals surface area contributed by atoms with Crippen LogP contribution in [0.2, 0.25) is 0 Å². The standard InChI is InChI=1S/C11H15F3N2O5/c1-3-21-7(18)4-6(17)5-16-8(19)10(2,11(12,13)14)15-9(16)20/h6,17H,3-5H2,1-2H3,(H,15,20). The molecule has 2 atom stereocenters. The number of hydrogen-bond acceptors (Lipinski definition) is 5. The molecule has 0 aromatic carbocycles. The molecule has 3 amide bonds. The fourth-order valence-electron chi connectivity index (χ4n) is 1.74. The van der Waals surface area contributed by atoms with E-state index in [1.165, 1.54) is 12.2 Å². The van der Waals surface area contributed by atoms with E-state index in [1.807, 2.05) is 0 Å². The molecule has 120 valence electrons. The Morgan fingerprint density at radius 2 is 2.05 bits per heavy atom. The second kappa shape index (κ2) is 5.88. The molecule has 7 nitrogen and oxygen atoms in total. The van der Waals surface area contributed by atoms with Crippen molar-refractivity contribution < 1.29 is 37.4 Å². The van der Waals surface area contributed by atoms with Crippen LogP contribution in [0.15, 0.2) is 0 Å². The van der Waals surface area contributed by atoms with Crippen LogP contribution in [0, 0.1) is 0 Å². The maximum atomic E-state index is 12.8. The highest BCUT2D eigenvalue weighted by Crippen LogP contribution is 2.35. The van der Waals surface area contributed by atoms with Gasteiger partial charge < -0.3 is 15.2 Å². The van der Waals surface area contributed by atoms with E-state index >= 15 is 0 Å². The summed E-state index contributed by atoms with van der Waals surface area (Å²) >= 11 is 0. The molecule has 2 unspecified atom stereocenters. The van der Waals surface area contributed by atoms with Crippen molar-refractivity contribution in [2.75, 3.05) is 13.2 Å². The number of carbonyl (C=O) groups is 3. The number of hydrogen-bond donors (Lipinski definition) is 2. The maximum Gasteiger partial charge on any atom is 0.420 e. The predicted octanol–water partition coefficient (Wildman–Crippen LogP) is 0.173. The molecule has 0 aliphatic carbocycles. The van der Waals surface area contributed by atoms with E-state index in [-0.39, 0.29) is 11.5 Å². The summed E-state index contributed by atoms with van der Waals surface area (Å²) in [5.41, 5.74) is -3.03. The third kappa shape index (κ3) is 3.43. The molecule has 10 heteroatoms. The number of aliphatic hydroxyl groups is 1. The van der Waals surface area contributed by atoms with Crippen LogP contribution in [0.4, 0.5) is 18.0 Å². The van der Waals surface area contributed by atoms with Crippen molar-refractivity contribution in [2.24, 2.45) is 0 Å². The third-order valence-electron chi connectivity index (χ3n) is 2.94. The number of esters is 1. The summed E-state index contributed by atoms with van der Waals surface area (Å²) < 4.78 is 42.9. The molecule has 1 aliphatic rings. The van der Waals surface area contributed by atoms with Gasteiger partial charge in [-0.05, 0) is 13.8 Å². The minimum Gasteiger partial charge on any atom is -0.466 e. The number of halogens is 3. The van der Waals surface area contributed by atoms with Gasteiger partial charge in [0.15, 0.2) is 0 Å². The van der Waals surface area contributed by atoms with Gasteiger partial charge in [-0.25, -0.2) is 4.79 Å². The molecule has 0 spiro atoms. The number of nitrogens with one attached hydrogen (secondary N) is 1. The van der Waals surface area contributed by atoms with Gasteiger partial charge in [0.1, 0.15) is 0 Å². The Hall–Kier alpha value is -1.84. The van der Waals surface area contributed by atoms with Crippen molar-refractivity contribution in [1.82, 2.24) is 10.2 Å². The number of nitrogens with zero attached hydrogens (tertiary/aromatic N) is 1. The fourth-order valence-corrected chi connectivity index (χ4v) is 1.74. The zero-order valence-corrected chi connectivity index (χ0v) is 11.4. The van der Waals surface area contributed by atoms with Crippen molar-refractivity contribution in [3.8, 4) is 0 Å². The summed E-state index contributed by atoms with van der Waals surface area (Å²) in [7, 11) is 0. The minimum atomic E-state index is -4.97. The number of ether oxygens (including phenoxy) is 1. The van der Waals surface area contributed by atoms with Crippen molar-refractivity contribution in [1.29, 1.82) is 0 Å². The summed E-state index contributed by atoms with van der Waals surface area (Å²) in [6.07, 6.45) is -7.01. The molecule has 1 rings (SSSR count). The SMILES string of the molecule is CCOC(=O)CC(O)CN1C(=O)NC(C)(C(F)(F)F)C1=O. The molecule has 1 saturated heterocycles. The number of alkyl halides is 3. The van der Waals surface area contributed by atoms with E-state index in [9.17, 15) is 32.7 Å². The number of amides is 3. The molecule has 1 aliphatic heterocycles. The van der Waals surface area contributed by atoms with Crippen LogP contribution >= 0.6 is 0 Å². The number of rotatable bonds is 5. The Labute approximate surface area is 118 Å². The first-order valence-corrected chi connectivity index (χ1v) is 6.07. The lowest BCUT2D eigenvalue weighted by Gasteiger charge is -2.24.